The first kappa shape index (κ1) is 124. The van der Waals surface area contributed by atoms with Gasteiger partial charge in [0.25, 0.3) is 0 Å². The van der Waals surface area contributed by atoms with Crippen LogP contribution in [0.1, 0.15) is 334 Å². The van der Waals surface area contributed by atoms with Crippen LogP contribution in [0.2, 0.25) is 0 Å². The van der Waals surface area contributed by atoms with Gasteiger partial charge in [0.15, 0.2) is 11.9 Å². The molecule has 2 aliphatic heterocycles. The number of aliphatic carboxylic acids is 1. The van der Waals surface area contributed by atoms with Gasteiger partial charge in [-0.2, -0.15) is 0 Å². The Labute approximate surface area is 814 Å². The molecule has 0 aliphatic carbocycles. The molecule has 24 nitrogen and oxygen atoms in total. The van der Waals surface area contributed by atoms with Crippen molar-refractivity contribution in [3.05, 3.63) is 154 Å². The van der Waals surface area contributed by atoms with Crippen molar-refractivity contribution < 1.29 is 97.9 Å². The summed E-state index contributed by atoms with van der Waals surface area (Å²) in [6, 6.07) is 36.9. The van der Waals surface area contributed by atoms with E-state index in [1.165, 1.54) is 34.9 Å². The van der Waals surface area contributed by atoms with Crippen LogP contribution in [-0.4, -0.2) is 184 Å². The van der Waals surface area contributed by atoms with E-state index < -0.39 is 79.4 Å². The number of rotatable bonds is 30. The summed E-state index contributed by atoms with van der Waals surface area (Å²) in [6.45, 7) is 83.2. The number of carbonyl (C=O) groups excluding carboxylic acids is 3. The van der Waals surface area contributed by atoms with Crippen LogP contribution in [0.15, 0.2) is 109 Å². The number of carboxylic acids is 1. The lowest BCUT2D eigenvalue weighted by molar-refractivity contribution is -0.277. The minimum absolute atomic E-state index is 0.0169. The number of hydrogen-bond donors (Lipinski definition) is 12. The number of carbonyl (C=O) groups is 4. The van der Waals surface area contributed by atoms with Crippen molar-refractivity contribution in [1.29, 1.82) is 0 Å². The largest absolute Gasteiger partial charge is 0.479 e. The first-order chi connectivity index (χ1) is 61.1. The van der Waals surface area contributed by atoms with Gasteiger partial charge in [-0.1, -0.05) is 178 Å². The summed E-state index contributed by atoms with van der Waals surface area (Å²) in [4.78, 5) is 48.1. The molecule has 0 aromatic heterocycles. The van der Waals surface area contributed by atoms with Crippen LogP contribution < -0.4 is 30.7 Å². The lowest BCUT2D eigenvalue weighted by atomic mass is 9.77. The molecule has 12 unspecified atom stereocenters. The second kappa shape index (κ2) is 53.0. The summed E-state index contributed by atoms with van der Waals surface area (Å²) < 4.78 is 45.6. The molecule has 2 saturated heterocycles. The second-order valence-corrected chi connectivity index (χ2v) is 49.8. The molecule has 2 heterocycles. The number of benzene rings is 5. The zero-order valence-corrected chi connectivity index (χ0v) is 90.6. The molecular formula is C111H186N4O20. The minimum atomic E-state index is -1.76. The molecule has 5 aromatic rings. The van der Waals surface area contributed by atoms with Crippen LogP contribution in [0.3, 0.4) is 0 Å². The normalized spacial score (nSPS) is 19.8. The predicted octanol–water partition coefficient (Wildman–Crippen LogP) is 20.4. The quantitative estimate of drug-likeness (QED) is 0.0190. The molecule has 770 valence electrons. The van der Waals surface area contributed by atoms with Crippen LogP contribution in [0.4, 0.5) is 11.4 Å². The zero-order chi connectivity index (χ0) is 104. The average molecular weight is 1900 g/mol. The summed E-state index contributed by atoms with van der Waals surface area (Å²) in [7, 11) is 0. The third-order valence-corrected chi connectivity index (χ3v) is 20.2. The molecule has 135 heavy (non-hydrogen) atoms. The number of aliphatic hydroxyl groups excluding tert-OH is 7. The van der Waals surface area contributed by atoms with Gasteiger partial charge in [-0.3, -0.25) is 14.4 Å². The molecule has 12 N–H and O–H groups in total. The third kappa shape index (κ3) is 54.4. The molecule has 5 aromatic carbocycles. The van der Waals surface area contributed by atoms with Crippen LogP contribution >= 0.6 is 0 Å². The van der Waals surface area contributed by atoms with E-state index in [4.69, 9.17) is 37.9 Å². The second-order valence-electron chi connectivity index (χ2n) is 49.8. The smallest absolute Gasteiger partial charge is 0.335 e. The number of ketones is 2. The summed E-state index contributed by atoms with van der Waals surface area (Å²) >= 11 is 0. The van der Waals surface area contributed by atoms with E-state index in [1.54, 1.807) is 12.1 Å². The van der Waals surface area contributed by atoms with E-state index in [0.29, 0.717) is 81.0 Å². The molecule has 7 rings (SSSR count). The number of Topliss-reactive ketones (excluding diaryl/α,β-unsaturated/α-hetero) is 2. The number of nitrogens with one attached hydrogen (secondary N) is 4. The van der Waals surface area contributed by atoms with Gasteiger partial charge in [0, 0.05) is 59.2 Å². The van der Waals surface area contributed by atoms with Crippen molar-refractivity contribution in [3.8, 4) is 11.5 Å². The Kier molecular flexibility index (Phi) is 48.7. The van der Waals surface area contributed by atoms with Crippen molar-refractivity contribution in [2.45, 2.75) is 448 Å². The minimum Gasteiger partial charge on any atom is -0.479 e. The Morgan fingerprint density at radius 3 is 1.04 bits per heavy atom. The van der Waals surface area contributed by atoms with Gasteiger partial charge >= 0.3 is 5.97 Å². The van der Waals surface area contributed by atoms with Crippen molar-refractivity contribution >= 4 is 34.8 Å². The Morgan fingerprint density at radius 1 is 0.400 bits per heavy atom. The highest BCUT2D eigenvalue weighted by molar-refractivity contribution is 5.93. The average Bonchev–Trinajstić information content (AvgIpc) is 0.785. The summed E-state index contributed by atoms with van der Waals surface area (Å²) in [6.07, 6.45) is -9.63. The van der Waals surface area contributed by atoms with E-state index in [1.807, 2.05) is 121 Å². The maximum Gasteiger partial charge on any atom is 0.335 e. The van der Waals surface area contributed by atoms with E-state index >= 15 is 0 Å². The first-order valence-electron chi connectivity index (χ1n) is 48.4. The van der Waals surface area contributed by atoms with Gasteiger partial charge in [0.1, 0.15) is 60.0 Å². The topological polar surface area (TPSA) is 352 Å². The van der Waals surface area contributed by atoms with Gasteiger partial charge in [0.2, 0.25) is 18.5 Å². The molecule has 2 aliphatic rings. The molecule has 2 fully saturated rings. The summed E-state index contributed by atoms with van der Waals surface area (Å²) in [5, 5.41) is 92.0. The third-order valence-electron chi connectivity index (χ3n) is 20.2. The standard InChI is InChI=1S/C22H34O8.C22H36O7.C21H40N2O3.C16H26O.C15H25NO.C15H25N/c1-21(2,3)10-13-9-12(11-28-22(4,5)6)7-8-14(13)29-20-17(25)15(23)16(24)18(30-20)19(26)27;1-21(2,3)10-14-9-13(12-27-22(4,5)6)7-8-15(14)28-20-19(26)18(25)17(24)16(11-23)29-20;1-14(2)18(23-21(7,8)9)17(25)13-16(19(26)20(4,5)6)11-10-12-22-15(3)24;1-15(2,3)11-13-7-9-14(10-8-13)12-17-16(4,5)6;1-14(2,3)16-13-9-7-12(8-10-13)11-17-15(4,5)6;1-14(2,3)11-12-7-9-13(10-8-12)16-15(4,5)6/h7-9,15-18,20,23-25H,10-11H2,1-6H3,(H,26,27);7-9,16-20,23-26H,10-12H2,1-6H3;14,16,18,23H,10-13H2,1-9H3,(H,22,24);7-10H,11-12H2,1-6H3;7-10,16H,11H2,1-6H3;7-10,16H,11H2,1-6H3. The van der Waals surface area contributed by atoms with E-state index in [0.717, 1.165) is 40.8 Å². The van der Waals surface area contributed by atoms with Crippen molar-refractivity contribution in [1.82, 2.24) is 10.6 Å². The maximum atomic E-state index is 13.0. The van der Waals surface area contributed by atoms with Crippen LogP contribution in [0.5, 0.6) is 11.5 Å². The fourth-order valence-corrected chi connectivity index (χ4v) is 14.1. The van der Waals surface area contributed by atoms with Gasteiger partial charge in [-0.25, -0.2) is 4.79 Å². The molecule has 0 spiro atoms. The molecule has 1 amide bonds. The van der Waals surface area contributed by atoms with Gasteiger partial charge in [0.05, 0.1) is 61.5 Å². The van der Waals surface area contributed by atoms with Crippen molar-refractivity contribution in [2.24, 2.45) is 38.9 Å². The van der Waals surface area contributed by atoms with Crippen LogP contribution in [-0.2, 0) is 99.7 Å². The van der Waals surface area contributed by atoms with Gasteiger partial charge in [-0.15, -0.1) is 0 Å². The number of amides is 1. The first-order valence-corrected chi connectivity index (χ1v) is 48.4. The van der Waals surface area contributed by atoms with Gasteiger partial charge in [-0.05, 0) is 305 Å². The number of ether oxygens (including phenoxy) is 8. The number of carboxylic acid groups (broad SMARTS) is 1. The summed E-state index contributed by atoms with van der Waals surface area (Å²) in [5.74, 6) is -0.541. The maximum absolute atomic E-state index is 13.0. The highest BCUT2D eigenvalue weighted by atomic mass is 16.7. The highest BCUT2D eigenvalue weighted by Crippen LogP contribution is 2.37. The van der Waals surface area contributed by atoms with E-state index in [-0.39, 0.29) is 91.6 Å². The van der Waals surface area contributed by atoms with Crippen LogP contribution in [0.25, 0.3) is 0 Å². The van der Waals surface area contributed by atoms with E-state index in [2.05, 4.69) is 260 Å². The fourth-order valence-electron chi connectivity index (χ4n) is 14.1. The monoisotopic (exact) mass is 1900 g/mol. The summed E-state index contributed by atoms with van der Waals surface area (Å²) in [5.41, 5.74) is 10.8. The van der Waals surface area contributed by atoms with E-state index in [9.17, 15) is 60.0 Å². The molecule has 24 heteroatoms. The Hall–Kier alpha value is -6.98. The highest BCUT2D eigenvalue weighted by Gasteiger charge is 2.49. The number of aliphatic hydroxyl groups is 7. The van der Waals surface area contributed by atoms with Gasteiger partial charge < -0.3 is 100 Å². The fraction of sp³-hybridized carbons (Fsp3) is 0.694. The molecule has 0 bridgehead atoms. The predicted molar refractivity (Wildman–Crippen MR) is 546 cm³/mol. The van der Waals surface area contributed by atoms with Crippen molar-refractivity contribution in [3.63, 3.8) is 0 Å². The SMILES string of the molecule is CC(=O)NCCCC(CC(=O)C(NC(C)(C)C)C(C)C)C(=O)C(C)(C)C.CC(C)(C)Cc1cc(COC(C)(C)C)ccc1OC1OC(C(=O)O)C(O)C(O)C1O.CC(C)(C)Cc1cc(COC(C)(C)C)ccc1OC1OC(CO)C(O)C(O)C1O.CC(C)(C)Cc1ccc(COC(C)(C)C)cc1.CC(C)(C)Cc1ccc(NC(C)(C)C)cc1.CC(C)(C)Nc1ccc(COC(C)(C)C)cc1. The Balaban J connectivity index is 0.000000558. The van der Waals surface area contributed by atoms with Crippen LogP contribution in [0, 0.1) is 38.9 Å². The number of hydrogen-bond acceptors (Lipinski definition) is 22. The Morgan fingerprint density at radius 2 is 0.726 bits per heavy atom. The molecule has 0 radical (unpaired) electrons. The molecule has 12 atom stereocenters. The van der Waals surface area contributed by atoms with Crippen molar-refractivity contribution in [2.75, 3.05) is 23.8 Å². The number of anilines is 2. The molecular weight excluding hydrogens is 1710 g/mol. The lowest BCUT2D eigenvalue weighted by Crippen LogP contribution is -2.61. The Bertz CT molecular complexity index is 4180. The zero-order valence-electron chi connectivity index (χ0n) is 90.6. The lowest BCUT2D eigenvalue weighted by Gasteiger charge is -2.39. The molecule has 0 saturated carbocycles.